The minimum atomic E-state index is -3.26. The molecule has 0 spiro atoms. The molecule has 0 radical (unpaired) electrons. The monoisotopic (exact) mass is 371 g/mol. The molecule has 0 aliphatic carbocycles. The summed E-state index contributed by atoms with van der Waals surface area (Å²) >= 11 is 0. The largest absolute Gasteiger partial charge is 0.451 e. The van der Waals surface area contributed by atoms with Crippen molar-refractivity contribution in [3.63, 3.8) is 0 Å². The maximum absolute atomic E-state index is 12.8. The summed E-state index contributed by atoms with van der Waals surface area (Å²) in [4.78, 5) is 14.8. The summed E-state index contributed by atoms with van der Waals surface area (Å²) < 4.78 is 29.2. The Morgan fingerprint density at radius 2 is 1.69 bits per heavy atom. The standard InChI is InChI=1S/C20H21NO4S/c1-3-13-21-14-18(15-9-11-17(12-10-15)26(2,23)24)19(20(21)22)25-16-7-5-4-6-8-16/h4-12H,3,13-14H2,1-2H3. The number of nitrogens with zero attached hydrogens (tertiary/aromatic N) is 1. The molecule has 2 aromatic rings. The van der Waals surface area contributed by atoms with Crippen molar-refractivity contribution in [3.05, 3.63) is 65.9 Å². The molecule has 1 aliphatic rings. The molecule has 0 fully saturated rings. The zero-order valence-corrected chi connectivity index (χ0v) is 15.6. The Kier molecular flexibility index (Phi) is 5.13. The zero-order chi connectivity index (χ0) is 18.7. The molecule has 6 heteroatoms. The Bertz CT molecular complexity index is 932. The fourth-order valence-corrected chi connectivity index (χ4v) is 3.53. The van der Waals surface area contributed by atoms with Crippen LogP contribution >= 0.6 is 0 Å². The van der Waals surface area contributed by atoms with E-state index in [4.69, 9.17) is 4.74 Å². The summed E-state index contributed by atoms with van der Waals surface area (Å²) in [6, 6.07) is 15.7. The highest BCUT2D eigenvalue weighted by atomic mass is 32.2. The predicted molar refractivity (Wildman–Crippen MR) is 100 cm³/mol. The molecule has 1 heterocycles. The summed E-state index contributed by atoms with van der Waals surface area (Å²) in [5.41, 5.74) is 1.56. The lowest BCUT2D eigenvalue weighted by Crippen LogP contribution is -2.28. The number of rotatable bonds is 6. The van der Waals surface area contributed by atoms with Crippen LogP contribution in [0.2, 0.25) is 0 Å². The summed E-state index contributed by atoms with van der Waals surface area (Å²) in [5.74, 6) is 0.758. The molecule has 0 atom stereocenters. The summed E-state index contributed by atoms with van der Waals surface area (Å²) in [5, 5.41) is 0. The first-order valence-corrected chi connectivity index (χ1v) is 10.3. The lowest BCUT2D eigenvalue weighted by molar-refractivity contribution is -0.127. The Labute approximate surface area is 153 Å². The van der Waals surface area contributed by atoms with Crippen LogP contribution in [-0.2, 0) is 14.6 Å². The first-order valence-electron chi connectivity index (χ1n) is 8.46. The number of hydrogen-bond donors (Lipinski definition) is 0. The fraction of sp³-hybridized carbons (Fsp3) is 0.250. The second kappa shape index (κ2) is 7.33. The molecule has 0 aromatic heterocycles. The van der Waals surface area contributed by atoms with Crippen LogP contribution in [0.5, 0.6) is 5.75 Å². The number of carbonyl (C=O) groups is 1. The highest BCUT2D eigenvalue weighted by molar-refractivity contribution is 7.90. The lowest BCUT2D eigenvalue weighted by Gasteiger charge is -2.15. The second-order valence-corrected chi connectivity index (χ2v) is 8.26. The smallest absolute Gasteiger partial charge is 0.290 e. The maximum atomic E-state index is 12.8. The van der Waals surface area contributed by atoms with Crippen molar-refractivity contribution in [1.29, 1.82) is 0 Å². The molecular formula is C20H21NO4S. The molecule has 0 saturated carbocycles. The van der Waals surface area contributed by atoms with Gasteiger partial charge in [0.15, 0.2) is 15.6 Å². The van der Waals surface area contributed by atoms with E-state index in [0.717, 1.165) is 17.6 Å². The Morgan fingerprint density at radius 3 is 2.27 bits per heavy atom. The van der Waals surface area contributed by atoms with Gasteiger partial charge < -0.3 is 9.64 Å². The molecule has 136 valence electrons. The fourth-order valence-electron chi connectivity index (χ4n) is 2.90. The van der Waals surface area contributed by atoms with Gasteiger partial charge in [-0.15, -0.1) is 0 Å². The van der Waals surface area contributed by atoms with E-state index in [1.54, 1.807) is 41.3 Å². The normalized spacial score (nSPS) is 14.8. The van der Waals surface area contributed by atoms with Crippen LogP contribution in [0.15, 0.2) is 65.3 Å². The molecule has 0 bridgehead atoms. The van der Waals surface area contributed by atoms with E-state index in [9.17, 15) is 13.2 Å². The van der Waals surface area contributed by atoms with Crippen LogP contribution in [0.25, 0.3) is 5.57 Å². The summed E-state index contributed by atoms with van der Waals surface area (Å²) in [6.45, 7) is 3.11. The van der Waals surface area contributed by atoms with E-state index in [1.165, 1.54) is 6.26 Å². The number of carbonyl (C=O) groups excluding carboxylic acids is 1. The molecule has 0 unspecified atom stereocenters. The molecule has 0 saturated heterocycles. The van der Waals surface area contributed by atoms with Crippen LogP contribution in [0.1, 0.15) is 18.9 Å². The first kappa shape index (κ1) is 18.2. The van der Waals surface area contributed by atoms with Crippen molar-refractivity contribution < 1.29 is 17.9 Å². The SMILES string of the molecule is CCCN1CC(c2ccc(S(C)(=O)=O)cc2)=C(Oc2ccccc2)C1=O. The third-order valence-corrected chi connectivity index (χ3v) is 5.32. The van der Waals surface area contributed by atoms with Crippen molar-refractivity contribution in [2.24, 2.45) is 0 Å². The summed E-state index contributed by atoms with van der Waals surface area (Å²) in [7, 11) is -3.26. The second-order valence-electron chi connectivity index (χ2n) is 6.25. The van der Waals surface area contributed by atoms with Gasteiger partial charge in [-0.25, -0.2) is 8.42 Å². The molecule has 0 N–H and O–H groups in total. The molecule has 26 heavy (non-hydrogen) atoms. The molecule has 5 nitrogen and oxygen atoms in total. The Balaban J connectivity index is 1.99. The topological polar surface area (TPSA) is 63.7 Å². The highest BCUT2D eigenvalue weighted by Gasteiger charge is 2.32. The number of hydrogen-bond acceptors (Lipinski definition) is 4. The van der Waals surface area contributed by atoms with Crippen molar-refractivity contribution >= 4 is 21.3 Å². The minimum absolute atomic E-state index is 0.141. The van der Waals surface area contributed by atoms with Crippen LogP contribution in [0.3, 0.4) is 0 Å². The van der Waals surface area contributed by atoms with Crippen LogP contribution in [-0.4, -0.2) is 38.6 Å². The number of amides is 1. The quantitative estimate of drug-likeness (QED) is 0.783. The average Bonchev–Trinajstić information content (AvgIpc) is 2.92. The van der Waals surface area contributed by atoms with Crippen LogP contribution < -0.4 is 4.74 Å². The van der Waals surface area contributed by atoms with Crippen molar-refractivity contribution in [2.75, 3.05) is 19.3 Å². The van der Waals surface area contributed by atoms with E-state index in [2.05, 4.69) is 0 Å². The Hall–Kier alpha value is -2.60. The highest BCUT2D eigenvalue weighted by Crippen LogP contribution is 2.30. The third kappa shape index (κ3) is 3.80. The molecule has 2 aromatic carbocycles. The minimum Gasteiger partial charge on any atom is -0.451 e. The third-order valence-electron chi connectivity index (χ3n) is 4.19. The molecule has 1 aliphatic heterocycles. The van der Waals surface area contributed by atoms with Gasteiger partial charge in [-0.2, -0.15) is 0 Å². The van der Waals surface area contributed by atoms with E-state index in [-0.39, 0.29) is 10.8 Å². The Morgan fingerprint density at radius 1 is 1.04 bits per heavy atom. The van der Waals surface area contributed by atoms with E-state index in [1.807, 2.05) is 25.1 Å². The van der Waals surface area contributed by atoms with E-state index in [0.29, 0.717) is 24.6 Å². The van der Waals surface area contributed by atoms with Gasteiger partial charge in [-0.3, -0.25) is 4.79 Å². The van der Waals surface area contributed by atoms with Gasteiger partial charge in [0.2, 0.25) is 0 Å². The van der Waals surface area contributed by atoms with Crippen molar-refractivity contribution in [2.45, 2.75) is 18.2 Å². The average molecular weight is 371 g/mol. The van der Waals surface area contributed by atoms with Crippen molar-refractivity contribution in [1.82, 2.24) is 4.90 Å². The first-order chi connectivity index (χ1) is 12.4. The predicted octanol–water partition coefficient (Wildman–Crippen LogP) is 3.13. The number of para-hydroxylation sites is 1. The lowest BCUT2D eigenvalue weighted by atomic mass is 10.1. The number of ether oxygens (including phenoxy) is 1. The van der Waals surface area contributed by atoms with Gasteiger partial charge in [-0.1, -0.05) is 37.3 Å². The van der Waals surface area contributed by atoms with E-state index >= 15 is 0 Å². The molecular weight excluding hydrogens is 350 g/mol. The van der Waals surface area contributed by atoms with Gasteiger partial charge >= 0.3 is 0 Å². The van der Waals surface area contributed by atoms with Gasteiger partial charge in [0.05, 0.1) is 11.4 Å². The van der Waals surface area contributed by atoms with E-state index < -0.39 is 9.84 Å². The van der Waals surface area contributed by atoms with Crippen LogP contribution in [0.4, 0.5) is 0 Å². The molecule has 3 rings (SSSR count). The number of sulfone groups is 1. The van der Waals surface area contributed by atoms with Crippen LogP contribution in [0, 0.1) is 0 Å². The molecule has 1 amide bonds. The number of benzene rings is 2. The summed E-state index contributed by atoms with van der Waals surface area (Å²) in [6.07, 6.45) is 2.03. The zero-order valence-electron chi connectivity index (χ0n) is 14.8. The van der Waals surface area contributed by atoms with Crippen molar-refractivity contribution in [3.8, 4) is 5.75 Å². The van der Waals surface area contributed by atoms with Gasteiger partial charge in [0, 0.05) is 18.4 Å². The van der Waals surface area contributed by atoms with Gasteiger partial charge in [-0.05, 0) is 36.2 Å². The van der Waals surface area contributed by atoms with Gasteiger partial charge in [0.1, 0.15) is 5.75 Å². The van der Waals surface area contributed by atoms with Gasteiger partial charge in [0.25, 0.3) is 5.91 Å². The maximum Gasteiger partial charge on any atom is 0.290 e.